The van der Waals surface area contributed by atoms with Crippen molar-refractivity contribution in [3.05, 3.63) is 63.5 Å². The molecule has 1 fully saturated rings. The highest BCUT2D eigenvalue weighted by atomic mass is 16.6. The van der Waals surface area contributed by atoms with E-state index >= 15 is 0 Å². The smallest absolute Gasteiger partial charge is 0.310 e. The number of fused-ring (bicyclic) bond motifs is 4. The number of imidazole rings is 1. The maximum atomic E-state index is 13.2. The van der Waals surface area contributed by atoms with Crippen molar-refractivity contribution in [1.29, 1.82) is 0 Å². The number of piperidine rings is 1. The molecule has 1 aliphatic heterocycles. The summed E-state index contributed by atoms with van der Waals surface area (Å²) in [6, 6.07) is 8.36. The molecule has 2 N–H and O–H groups in total. The van der Waals surface area contributed by atoms with Gasteiger partial charge >= 0.3 is 5.69 Å². The number of nitrogens with zero attached hydrogens (tertiary/aromatic N) is 3. The minimum atomic E-state index is -0.570. The maximum Gasteiger partial charge on any atom is 0.310 e. The lowest BCUT2D eigenvalue weighted by molar-refractivity contribution is -0.385. The molecule has 142 valence electrons. The summed E-state index contributed by atoms with van der Waals surface area (Å²) < 4.78 is 0. The summed E-state index contributed by atoms with van der Waals surface area (Å²) in [7, 11) is 0. The van der Waals surface area contributed by atoms with Crippen LogP contribution >= 0.6 is 0 Å². The molecular formula is C20H18N4O4. The lowest BCUT2D eigenvalue weighted by atomic mass is 9.88. The van der Waals surface area contributed by atoms with Crippen LogP contribution in [-0.4, -0.2) is 43.4 Å². The molecule has 2 aromatic carbocycles. The van der Waals surface area contributed by atoms with E-state index in [-0.39, 0.29) is 29.3 Å². The van der Waals surface area contributed by atoms with Gasteiger partial charge in [0.15, 0.2) is 5.75 Å². The van der Waals surface area contributed by atoms with E-state index in [9.17, 15) is 20.0 Å². The molecule has 0 unspecified atom stereocenters. The van der Waals surface area contributed by atoms with Crippen molar-refractivity contribution in [2.24, 2.45) is 0 Å². The molecule has 28 heavy (non-hydrogen) atoms. The van der Waals surface area contributed by atoms with Gasteiger partial charge in [0.25, 0.3) is 5.91 Å². The molecule has 1 amide bonds. The number of phenolic OH excluding ortho intramolecular Hbond substituents is 1. The van der Waals surface area contributed by atoms with Crippen LogP contribution < -0.4 is 0 Å². The van der Waals surface area contributed by atoms with Gasteiger partial charge in [-0.15, -0.1) is 0 Å². The first-order valence-corrected chi connectivity index (χ1v) is 9.27. The predicted octanol–water partition coefficient (Wildman–Crippen LogP) is 3.12. The van der Waals surface area contributed by atoms with E-state index in [0.717, 1.165) is 35.0 Å². The van der Waals surface area contributed by atoms with Gasteiger partial charge in [0, 0.05) is 30.1 Å². The first-order chi connectivity index (χ1) is 13.5. The van der Waals surface area contributed by atoms with Crippen LogP contribution in [0.4, 0.5) is 5.69 Å². The topological polar surface area (TPSA) is 112 Å². The number of rotatable bonds is 2. The van der Waals surface area contributed by atoms with Gasteiger partial charge in [-0.25, -0.2) is 4.98 Å². The summed E-state index contributed by atoms with van der Waals surface area (Å²) in [5, 5.41) is 21.2. The van der Waals surface area contributed by atoms with Crippen LogP contribution in [0.1, 0.15) is 40.2 Å². The maximum absolute atomic E-state index is 13.2. The van der Waals surface area contributed by atoms with Gasteiger partial charge in [-0.2, -0.15) is 0 Å². The predicted molar refractivity (Wildman–Crippen MR) is 101 cm³/mol. The van der Waals surface area contributed by atoms with Crippen molar-refractivity contribution >= 4 is 22.6 Å². The largest absolute Gasteiger partial charge is 0.502 e. The van der Waals surface area contributed by atoms with Gasteiger partial charge in [0.05, 0.1) is 22.3 Å². The van der Waals surface area contributed by atoms with Crippen LogP contribution in [0.2, 0.25) is 0 Å². The Morgan fingerprint density at radius 3 is 3.00 bits per heavy atom. The van der Waals surface area contributed by atoms with E-state index in [4.69, 9.17) is 0 Å². The number of amides is 1. The second-order valence-electron chi connectivity index (χ2n) is 7.45. The van der Waals surface area contributed by atoms with E-state index in [1.165, 1.54) is 12.1 Å². The van der Waals surface area contributed by atoms with E-state index in [1.807, 2.05) is 11.0 Å². The Morgan fingerprint density at radius 2 is 2.18 bits per heavy atom. The summed E-state index contributed by atoms with van der Waals surface area (Å²) in [5.74, 6) is -0.267. The highest BCUT2D eigenvalue weighted by molar-refractivity contribution is 5.97. The molecule has 8 nitrogen and oxygen atoms in total. The number of likely N-dealkylation sites (tertiary alicyclic amines) is 1. The zero-order chi connectivity index (χ0) is 19.4. The van der Waals surface area contributed by atoms with Crippen LogP contribution in [0.15, 0.2) is 36.7 Å². The molecule has 8 heteroatoms. The quantitative estimate of drug-likeness (QED) is 0.525. The average Bonchev–Trinajstić information content (AvgIpc) is 3.29. The summed E-state index contributed by atoms with van der Waals surface area (Å²) in [6.07, 6.45) is 3.92. The molecule has 1 aromatic heterocycles. The molecule has 3 aromatic rings. The van der Waals surface area contributed by atoms with E-state index in [2.05, 4.69) is 9.97 Å². The van der Waals surface area contributed by atoms with Crippen molar-refractivity contribution in [1.82, 2.24) is 14.9 Å². The second-order valence-corrected chi connectivity index (χ2v) is 7.45. The van der Waals surface area contributed by atoms with Crippen LogP contribution in [0.3, 0.4) is 0 Å². The van der Waals surface area contributed by atoms with Gasteiger partial charge in [-0.1, -0.05) is 0 Å². The number of aromatic amines is 1. The fourth-order valence-corrected chi connectivity index (χ4v) is 4.68. The molecule has 5 rings (SSSR count). The zero-order valence-electron chi connectivity index (χ0n) is 15.0. The molecule has 1 saturated heterocycles. The van der Waals surface area contributed by atoms with Crippen molar-refractivity contribution in [2.75, 3.05) is 6.54 Å². The lowest BCUT2D eigenvalue weighted by Gasteiger charge is -2.38. The normalized spacial score (nSPS) is 20.8. The number of aromatic nitrogens is 2. The second kappa shape index (κ2) is 6.05. The van der Waals surface area contributed by atoms with Gasteiger partial charge in [-0.3, -0.25) is 14.9 Å². The van der Waals surface area contributed by atoms with Crippen molar-refractivity contribution in [3.63, 3.8) is 0 Å². The number of carbonyl (C=O) groups excluding carboxylic acids is 1. The molecule has 1 aliphatic carbocycles. The Bertz CT molecular complexity index is 1120. The Labute approximate surface area is 160 Å². The summed E-state index contributed by atoms with van der Waals surface area (Å²) in [5.41, 5.74) is 3.71. The number of benzene rings is 2. The van der Waals surface area contributed by atoms with Crippen molar-refractivity contribution in [3.8, 4) is 5.75 Å². The van der Waals surface area contributed by atoms with Crippen molar-refractivity contribution < 1.29 is 14.8 Å². The number of nitrogens with one attached hydrogen (secondary N) is 1. The lowest BCUT2D eigenvalue weighted by Crippen LogP contribution is -2.46. The highest BCUT2D eigenvalue weighted by Crippen LogP contribution is 2.46. The molecule has 0 saturated carbocycles. The number of hydrogen-bond acceptors (Lipinski definition) is 5. The highest BCUT2D eigenvalue weighted by Gasteiger charge is 2.42. The molecular weight excluding hydrogens is 360 g/mol. The van der Waals surface area contributed by atoms with E-state index < -0.39 is 4.92 Å². The third-order valence-corrected chi connectivity index (χ3v) is 5.97. The Kier molecular flexibility index (Phi) is 3.61. The van der Waals surface area contributed by atoms with Crippen LogP contribution in [0, 0.1) is 10.1 Å². The Morgan fingerprint density at radius 1 is 1.32 bits per heavy atom. The van der Waals surface area contributed by atoms with E-state index in [0.29, 0.717) is 18.5 Å². The minimum absolute atomic E-state index is 0.0486. The Hall–Kier alpha value is -3.42. The third-order valence-electron chi connectivity index (χ3n) is 5.97. The minimum Gasteiger partial charge on any atom is -0.502 e. The van der Waals surface area contributed by atoms with Gasteiger partial charge in [0.1, 0.15) is 0 Å². The number of nitro benzene ring substituents is 1. The van der Waals surface area contributed by atoms with Crippen molar-refractivity contribution in [2.45, 2.75) is 31.2 Å². The third kappa shape index (κ3) is 2.45. The SMILES string of the molecule is O=C(c1ccc2[nH]cnc2c1)N1CCC[C@@H]2c3cc(O)c([N+](=O)[O-])cc3C[C@@H]21. The van der Waals surface area contributed by atoms with Crippen LogP contribution in [-0.2, 0) is 6.42 Å². The first-order valence-electron chi connectivity index (χ1n) is 9.27. The molecule has 2 atom stereocenters. The fraction of sp³-hybridized carbons (Fsp3) is 0.300. The standard InChI is InChI=1S/C20H18N4O4/c25-19-9-14-12(8-18(19)24(27)28)7-17-13(14)2-1-5-23(17)20(26)11-3-4-15-16(6-11)22-10-21-15/h3-4,6,8-10,13,17,25H,1-2,5,7H2,(H,21,22)/t13-,17+/m1/s1. The number of hydrogen-bond donors (Lipinski definition) is 2. The Balaban J connectivity index is 1.49. The molecule has 2 heterocycles. The average molecular weight is 378 g/mol. The molecule has 2 aliphatic rings. The number of H-pyrrole nitrogens is 1. The zero-order valence-corrected chi connectivity index (χ0v) is 15.0. The first kappa shape index (κ1) is 16.7. The fourth-order valence-electron chi connectivity index (χ4n) is 4.68. The van der Waals surface area contributed by atoms with Gasteiger partial charge in [-0.05, 0) is 54.7 Å². The van der Waals surface area contributed by atoms with Crippen LogP contribution in [0.5, 0.6) is 5.75 Å². The van der Waals surface area contributed by atoms with E-state index in [1.54, 1.807) is 18.5 Å². The van der Waals surface area contributed by atoms with Crippen LogP contribution in [0.25, 0.3) is 11.0 Å². The molecule has 0 radical (unpaired) electrons. The summed E-state index contributed by atoms with van der Waals surface area (Å²) in [6.45, 7) is 0.653. The van der Waals surface area contributed by atoms with Gasteiger partial charge < -0.3 is 15.0 Å². The number of phenols is 1. The summed E-state index contributed by atoms with van der Waals surface area (Å²) in [4.78, 5) is 32.9. The molecule has 0 spiro atoms. The number of nitro groups is 1. The molecule has 0 bridgehead atoms. The number of carbonyl (C=O) groups is 1. The summed E-state index contributed by atoms with van der Waals surface area (Å²) >= 11 is 0. The monoisotopic (exact) mass is 378 g/mol. The van der Waals surface area contributed by atoms with Gasteiger partial charge in [0.2, 0.25) is 0 Å². The number of aromatic hydroxyl groups is 1.